The van der Waals surface area contributed by atoms with E-state index in [1.807, 2.05) is 38.1 Å². The molecule has 1 aromatic carbocycles. The molecule has 0 aliphatic carbocycles. The first-order chi connectivity index (χ1) is 6.15. The summed E-state index contributed by atoms with van der Waals surface area (Å²) in [6.07, 6.45) is 1.50. The van der Waals surface area contributed by atoms with Crippen molar-refractivity contribution in [3.8, 4) is 6.07 Å². The predicted molar refractivity (Wildman–Crippen MR) is 55.5 cm³/mol. The number of aryl methyl sites for hydroxylation is 1. The van der Waals surface area contributed by atoms with Crippen molar-refractivity contribution in [2.45, 2.75) is 13.8 Å². The number of allylic oxidation sites excluding steroid dienone is 2. The van der Waals surface area contributed by atoms with Crippen LogP contribution >= 0.6 is 11.6 Å². The maximum absolute atomic E-state index is 8.47. The highest BCUT2D eigenvalue weighted by atomic mass is 35.5. The first kappa shape index (κ1) is 9.83. The molecule has 0 saturated heterocycles. The van der Waals surface area contributed by atoms with Gasteiger partial charge in [0.25, 0.3) is 0 Å². The molecule has 0 amide bonds. The molecule has 0 heterocycles. The summed E-state index contributed by atoms with van der Waals surface area (Å²) in [5.41, 5.74) is 2.94. The van der Waals surface area contributed by atoms with Crippen LogP contribution in [0.25, 0.3) is 5.57 Å². The zero-order valence-electron chi connectivity index (χ0n) is 7.63. The molecule has 0 bridgehead atoms. The molecule has 0 aromatic heterocycles. The third-order valence-corrected chi connectivity index (χ3v) is 2.14. The van der Waals surface area contributed by atoms with Gasteiger partial charge < -0.3 is 0 Å². The van der Waals surface area contributed by atoms with Crippen LogP contribution in [0.2, 0.25) is 5.02 Å². The van der Waals surface area contributed by atoms with Crippen molar-refractivity contribution >= 4 is 17.2 Å². The standard InChI is InChI=1S/C11H10ClN/c1-8-3-4-10(11(12)7-8)9(2)5-6-13/h3-5,7H,1-2H3/b9-5+. The normalized spacial score (nSPS) is 11.1. The maximum Gasteiger partial charge on any atom is 0.0915 e. The third kappa shape index (κ3) is 2.34. The maximum atomic E-state index is 8.47. The van der Waals surface area contributed by atoms with Crippen molar-refractivity contribution in [1.29, 1.82) is 5.26 Å². The minimum Gasteiger partial charge on any atom is -0.193 e. The first-order valence-electron chi connectivity index (χ1n) is 3.98. The van der Waals surface area contributed by atoms with Crippen molar-refractivity contribution in [1.82, 2.24) is 0 Å². The van der Waals surface area contributed by atoms with E-state index in [0.717, 1.165) is 16.7 Å². The average Bonchev–Trinajstić information content (AvgIpc) is 2.04. The van der Waals surface area contributed by atoms with Gasteiger partial charge in [0, 0.05) is 11.1 Å². The molecule has 1 aromatic rings. The SMILES string of the molecule is C/C(=C\C#N)c1ccc(C)cc1Cl. The zero-order valence-corrected chi connectivity index (χ0v) is 8.39. The fraction of sp³-hybridized carbons (Fsp3) is 0.182. The molecule has 0 N–H and O–H groups in total. The fourth-order valence-electron chi connectivity index (χ4n) is 1.11. The van der Waals surface area contributed by atoms with Gasteiger partial charge in [0.15, 0.2) is 0 Å². The van der Waals surface area contributed by atoms with Crippen LogP contribution in [0.3, 0.4) is 0 Å². The molecule has 66 valence electrons. The number of hydrogen-bond acceptors (Lipinski definition) is 1. The van der Waals surface area contributed by atoms with Gasteiger partial charge in [-0.05, 0) is 36.6 Å². The summed E-state index contributed by atoms with van der Waals surface area (Å²) in [4.78, 5) is 0. The number of rotatable bonds is 1. The van der Waals surface area contributed by atoms with Crippen LogP contribution in [0, 0.1) is 18.3 Å². The lowest BCUT2D eigenvalue weighted by molar-refractivity contribution is 1.44. The Morgan fingerprint density at radius 1 is 1.54 bits per heavy atom. The second-order valence-corrected chi connectivity index (χ2v) is 3.35. The van der Waals surface area contributed by atoms with Crippen molar-refractivity contribution in [3.63, 3.8) is 0 Å². The van der Waals surface area contributed by atoms with E-state index in [9.17, 15) is 0 Å². The summed E-state index contributed by atoms with van der Waals surface area (Å²) in [5, 5.41) is 9.17. The second kappa shape index (κ2) is 4.11. The van der Waals surface area contributed by atoms with Crippen LogP contribution in [0.4, 0.5) is 0 Å². The monoisotopic (exact) mass is 191 g/mol. The summed E-state index contributed by atoms with van der Waals surface area (Å²) < 4.78 is 0. The summed E-state index contributed by atoms with van der Waals surface area (Å²) in [5.74, 6) is 0. The Balaban J connectivity index is 3.18. The predicted octanol–water partition coefficient (Wildman–Crippen LogP) is 3.58. The van der Waals surface area contributed by atoms with Gasteiger partial charge in [-0.2, -0.15) is 5.26 Å². The molecule has 0 aliphatic rings. The van der Waals surface area contributed by atoms with E-state index < -0.39 is 0 Å². The smallest absolute Gasteiger partial charge is 0.0915 e. The lowest BCUT2D eigenvalue weighted by Crippen LogP contribution is -1.82. The highest BCUT2D eigenvalue weighted by molar-refractivity contribution is 6.32. The summed E-state index contributed by atoms with van der Waals surface area (Å²) in [7, 11) is 0. The van der Waals surface area contributed by atoms with Crippen LogP contribution in [0.15, 0.2) is 24.3 Å². The molecule has 2 heteroatoms. The molecule has 0 fully saturated rings. The number of nitriles is 1. The van der Waals surface area contributed by atoms with E-state index in [1.54, 1.807) is 0 Å². The summed E-state index contributed by atoms with van der Waals surface area (Å²) in [6.45, 7) is 3.86. The lowest BCUT2D eigenvalue weighted by Gasteiger charge is -2.03. The van der Waals surface area contributed by atoms with Crippen molar-refractivity contribution in [2.75, 3.05) is 0 Å². The van der Waals surface area contributed by atoms with Gasteiger partial charge in [-0.3, -0.25) is 0 Å². The van der Waals surface area contributed by atoms with Crippen molar-refractivity contribution < 1.29 is 0 Å². The Labute approximate surface area is 83.3 Å². The topological polar surface area (TPSA) is 23.8 Å². The minimum absolute atomic E-state index is 0.698. The van der Waals surface area contributed by atoms with Gasteiger partial charge in [0.05, 0.1) is 6.07 Å². The molecule has 1 rings (SSSR count). The summed E-state index contributed by atoms with van der Waals surface area (Å²) in [6, 6.07) is 7.80. The molecule has 13 heavy (non-hydrogen) atoms. The van der Waals surface area contributed by atoms with Crippen LogP contribution in [-0.2, 0) is 0 Å². The van der Waals surface area contributed by atoms with Gasteiger partial charge in [0.1, 0.15) is 0 Å². The molecule has 1 nitrogen and oxygen atoms in total. The van der Waals surface area contributed by atoms with E-state index in [-0.39, 0.29) is 0 Å². The summed E-state index contributed by atoms with van der Waals surface area (Å²) >= 11 is 6.01. The Morgan fingerprint density at radius 3 is 2.77 bits per heavy atom. The molecule has 0 radical (unpaired) electrons. The fourth-order valence-corrected chi connectivity index (χ4v) is 1.50. The van der Waals surface area contributed by atoms with Gasteiger partial charge in [-0.15, -0.1) is 0 Å². The first-order valence-corrected chi connectivity index (χ1v) is 4.36. The Morgan fingerprint density at radius 2 is 2.23 bits per heavy atom. The van der Waals surface area contributed by atoms with Gasteiger partial charge in [-0.25, -0.2) is 0 Å². The molecule has 0 saturated carbocycles. The lowest BCUT2D eigenvalue weighted by atomic mass is 10.1. The van der Waals surface area contributed by atoms with Gasteiger partial charge >= 0.3 is 0 Å². The Hall–Kier alpha value is -1.26. The Kier molecular flexibility index (Phi) is 3.11. The van der Waals surface area contributed by atoms with E-state index in [4.69, 9.17) is 16.9 Å². The van der Waals surface area contributed by atoms with E-state index in [0.29, 0.717) is 5.02 Å². The third-order valence-electron chi connectivity index (χ3n) is 1.83. The highest BCUT2D eigenvalue weighted by Gasteiger charge is 2.01. The molecular weight excluding hydrogens is 182 g/mol. The van der Waals surface area contributed by atoms with Crippen LogP contribution in [0.5, 0.6) is 0 Å². The van der Waals surface area contributed by atoms with E-state index in [1.165, 1.54) is 6.08 Å². The number of nitrogens with zero attached hydrogens (tertiary/aromatic N) is 1. The average molecular weight is 192 g/mol. The van der Waals surface area contributed by atoms with Crippen LogP contribution < -0.4 is 0 Å². The van der Waals surface area contributed by atoms with Crippen molar-refractivity contribution in [2.24, 2.45) is 0 Å². The second-order valence-electron chi connectivity index (χ2n) is 2.94. The molecule has 0 spiro atoms. The van der Waals surface area contributed by atoms with Crippen LogP contribution in [-0.4, -0.2) is 0 Å². The van der Waals surface area contributed by atoms with Crippen LogP contribution in [0.1, 0.15) is 18.1 Å². The van der Waals surface area contributed by atoms with E-state index in [2.05, 4.69) is 0 Å². The van der Waals surface area contributed by atoms with Gasteiger partial charge in [0.2, 0.25) is 0 Å². The van der Waals surface area contributed by atoms with E-state index >= 15 is 0 Å². The Bertz CT molecular complexity index is 386. The molecule has 0 unspecified atom stereocenters. The molecule has 0 aliphatic heterocycles. The zero-order chi connectivity index (χ0) is 9.84. The molecule has 0 atom stereocenters. The van der Waals surface area contributed by atoms with Crippen molar-refractivity contribution in [3.05, 3.63) is 40.4 Å². The largest absolute Gasteiger partial charge is 0.193 e. The van der Waals surface area contributed by atoms with Gasteiger partial charge in [-0.1, -0.05) is 23.7 Å². The number of benzene rings is 1. The number of hydrogen-bond donors (Lipinski definition) is 0. The highest BCUT2D eigenvalue weighted by Crippen LogP contribution is 2.24. The molecular formula is C11H10ClN. The number of halogens is 1. The minimum atomic E-state index is 0.698. The quantitative estimate of drug-likeness (QED) is 0.623.